The lowest BCUT2D eigenvalue weighted by molar-refractivity contribution is -0.0712. The molecule has 3 fully saturated rings. The molecule has 3 unspecified atom stereocenters. The standard InChI is InChI=1S/C18H26N2O/c19-12-17(15-5-2-1-4-14(15)13-8-9-13)20-10-11-21-18-7-3-6-16(18)20/h1-2,4-5,13,16-18H,3,6-12,19H2. The maximum atomic E-state index is 6.23. The zero-order valence-corrected chi connectivity index (χ0v) is 12.7. The van der Waals surface area contributed by atoms with Crippen LogP contribution in [0.4, 0.5) is 0 Å². The molecule has 3 aliphatic rings. The van der Waals surface area contributed by atoms with Gasteiger partial charge in [0.15, 0.2) is 0 Å². The molecule has 3 nitrogen and oxygen atoms in total. The van der Waals surface area contributed by atoms with Gasteiger partial charge in [-0.3, -0.25) is 4.90 Å². The van der Waals surface area contributed by atoms with Crippen molar-refractivity contribution < 1.29 is 4.74 Å². The van der Waals surface area contributed by atoms with E-state index < -0.39 is 0 Å². The van der Waals surface area contributed by atoms with E-state index in [1.807, 2.05) is 0 Å². The van der Waals surface area contributed by atoms with Crippen LogP contribution in [0.3, 0.4) is 0 Å². The molecule has 0 aromatic heterocycles. The van der Waals surface area contributed by atoms with Crippen molar-refractivity contribution in [2.45, 2.75) is 56.2 Å². The summed E-state index contributed by atoms with van der Waals surface area (Å²) in [5.41, 5.74) is 9.26. The first-order chi connectivity index (χ1) is 10.4. The van der Waals surface area contributed by atoms with Crippen LogP contribution in [0.25, 0.3) is 0 Å². The maximum Gasteiger partial charge on any atom is 0.0731 e. The third-order valence-corrected chi connectivity index (χ3v) is 5.52. The molecule has 1 saturated heterocycles. The number of nitrogens with two attached hydrogens (primary N) is 1. The van der Waals surface area contributed by atoms with E-state index >= 15 is 0 Å². The Morgan fingerprint density at radius 3 is 2.86 bits per heavy atom. The van der Waals surface area contributed by atoms with Crippen LogP contribution in [0.2, 0.25) is 0 Å². The Morgan fingerprint density at radius 1 is 1.19 bits per heavy atom. The third kappa shape index (κ3) is 2.52. The van der Waals surface area contributed by atoms with Crippen LogP contribution in [0.1, 0.15) is 55.2 Å². The number of rotatable bonds is 4. The van der Waals surface area contributed by atoms with E-state index in [4.69, 9.17) is 10.5 Å². The smallest absolute Gasteiger partial charge is 0.0731 e. The van der Waals surface area contributed by atoms with Gasteiger partial charge < -0.3 is 10.5 Å². The fourth-order valence-electron chi connectivity index (χ4n) is 4.36. The molecular weight excluding hydrogens is 260 g/mol. The molecule has 1 aromatic carbocycles. The molecule has 0 spiro atoms. The van der Waals surface area contributed by atoms with Gasteiger partial charge in [0.2, 0.25) is 0 Å². The van der Waals surface area contributed by atoms with Gasteiger partial charge in [-0.2, -0.15) is 0 Å². The predicted octanol–water partition coefficient (Wildman–Crippen LogP) is 2.82. The van der Waals surface area contributed by atoms with E-state index in [9.17, 15) is 0 Å². The van der Waals surface area contributed by atoms with Crippen LogP contribution in [0.5, 0.6) is 0 Å². The highest BCUT2D eigenvalue weighted by Crippen LogP contribution is 2.44. The van der Waals surface area contributed by atoms with E-state index in [2.05, 4.69) is 29.2 Å². The van der Waals surface area contributed by atoms with E-state index in [1.54, 1.807) is 5.56 Å². The second kappa shape index (κ2) is 5.71. The van der Waals surface area contributed by atoms with Crippen LogP contribution < -0.4 is 5.73 Å². The van der Waals surface area contributed by atoms with E-state index in [1.165, 1.54) is 37.7 Å². The largest absolute Gasteiger partial charge is 0.375 e. The summed E-state index contributed by atoms with van der Waals surface area (Å²) < 4.78 is 5.97. The number of hydrogen-bond donors (Lipinski definition) is 1. The van der Waals surface area contributed by atoms with Gasteiger partial charge in [0.1, 0.15) is 0 Å². The number of ether oxygens (including phenoxy) is 1. The zero-order valence-electron chi connectivity index (χ0n) is 12.7. The van der Waals surface area contributed by atoms with E-state index in [0.29, 0.717) is 24.7 Å². The van der Waals surface area contributed by atoms with Gasteiger partial charge in [0.05, 0.1) is 12.7 Å². The van der Waals surface area contributed by atoms with Crippen LogP contribution in [-0.2, 0) is 4.74 Å². The number of morpholine rings is 1. The monoisotopic (exact) mass is 286 g/mol. The molecule has 3 heteroatoms. The molecule has 0 bridgehead atoms. The Kier molecular flexibility index (Phi) is 3.74. The van der Waals surface area contributed by atoms with Crippen LogP contribution in [0, 0.1) is 0 Å². The SMILES string of the molecule is NCC(c1ccccc1C1CC1)N1CCOC2CCCC21. The molecule has 4 rings (SSSR count). The Balaban J connectivity index is 1.65. The average Bonchev–Trinajstić information content (AvgIpc) is 3.26. The molecule has 1 aromatic rings. The van der Waals surface area contributed by atoms with Crippen molar-refractivity contribution in [1.29, 1.82) is 0 Å². The molecule has 114 valence electrons. The molecule has 1 aliphatic heterocycles. The van der Waals surface area contributed by atoms with Gasteiger partial charge in [0.25, 0.3) is 0 Å². The summed E-state index contributed by atoms with van der Waals surface area (Å²) in [5, 5.41) is 0. The van der Waals surface area contributed by atoms with Gasteiger partial charge >= 0.3 is 0 Å². The van der Waals surface area contributed by atoms with Crippen molar-refractivity contribution in [2.75, 3.05) is 19.7 Å². The lowest BCUT2D eigenvalue weighted by atomic mass is 9.94. The molecule has 0 radical (unpaired) electrons. The summed E-state index contributed by atoms with van der Waals surface area (Å²) in [7, 11) is 0. The van der Waals surface area contributed by atoms with Crippen molar-refractivity contribution >= 4 is 0 Å². The van der Waals surface area contributed by atoms with Crippen molar-refractivity contribution in [3.8, 4) is 0 Å². The van der Waals surface area contributed by atoms with E-state index in [0.717, 1.165) is 19.1 Å². The van der Waals surface area contributed by atoms with E-state index in [-0.39, 0.29) is 0 Å². The minimum absolute atomic E-state index is 0.372. The quantitative estimate of drug-likeness (QED) is 0.925. The first kappa shape index (κ1) is 13.7. The molecule has 2 saturated carbocycles. The summed E-state index contributed by atoms with van der Waals surface area (Å²) in [6, 6.07) is 9.95. The number of hydrogen-bond acceptors (Lipinski definition) is 3. The minimum Gasteiger partial charge on any atom is -0.375 e. The summed E-state index contributed by atoms with van der Waals surface area (Å²) >= 11 is 0. The number of nitrogens with zero attached hydrogens (tertiary/aromatic N) is 1. The summed E-state index contributed by atoms with van der Waals surface area (Å²) in [6.07, 6.45) is 6.94. The molecule has 2 aliphatic carbocycles. The molecule has 2 N–H and O–H groups in total. The summed E-state index contributed by atoms with van der Waals surface area (Å²) in [6.45, 7) is 2.61. The van der Waals surface area contributed by atoms with Crippen molar-refractivity contribution in [1.82, 2.24) is 4.90 Å². The normalized spacial score (nSPS) is 31.1. The first-order valence-corrected chi connectivity index (χ1v) is 8.54. The lowest BCUT2D eigenvalue weighted by Gasteiger charge is -2.43. The highest BCUT2D eigenvalue weighted by atomic mass is 16.5. The van der Waals surface area contributed by atoms with Gasteiger partial charge in [-0.05, 0) is 49.1 Å². The molecule has 0 amide bonds. The second-order valence-electron chi connectivity index (χ2n) is 6.80. The van der Waals surface area contributed by atoms with Crippen molar-refractivity contribution in [3.05, 3.63) is 35.4 Å². The second-order valence-corrected chi connectivity index (χ2v) is 6.80. The first-order valence-electron chi connectivity index (χ1n) is 8.54. The van der Waals surface area contributed by atoms with Gasteiger partial charge in [-0.1, -0.05) is 24.3 Å². The highest BCUT2D eigenvalue weighted by Gasteiger charge is 2.40. The van der Waals surface area contributed by atoms with Crippen LogP contribution in [-0.4, -0.2) is 36.7 Å². The van der Waals surface area contributed by atoms with Crippen LogP contribution >= 0.6 is 0 Å². The van der Waals surface area contributed by atoms with Crippen LogP contribution in [0.15, 0.2) is 24.3 Å². The third-order valence-electron chi connectivity index (χ3n) is 5.52. The molecule has 21 heavy (non-hydrogen) atoms. The number of fused-ring (bicyclic) bond motifs is 1. The summed E-state index contributed by atoms with van der Waals surface area (Å²) in [5.74, 6) is 0.788. The molecular formula is C18H26N2O. The van der Waals surface area contributed by atoms with Gasteiger partial charge in [-0.25, -0.2) is 0 Å². The zero-order chi connectivity index (χ0) is 14.2. The average molecular weight is 286 g/mol. The Labute approximate surface area is 127 Å². The summed E-state index contributed by atoms with van der Waals surface area (Å²) in [4.78, 5) is 2.66. The molecule has 3 atom stereocenters. The predicted molar refractivity (Wildman–Crippen MR) is 84.3 cm³/mol. The lowest BCUT2D eigenvalue weighted by Crippen LogP contribution is -2.51. The fourth-order valence-corrected chi connectivity index (χ4v) is 4.36. The fraction of sp³-hybridized carbons (Fsp3) is 0.667. The Morgan fingerprint density at radius 2 is 2.05 bits per heavy atom. The van der Waals surface area contributed by atoms with Gasteiger partial charge in [0, 0.05) is 25.2 Å². The number of benzene rings is 1. The maximum absolute atomic E-state index is 6.23. The van der Waals surface area contributed by atoms with Gasteiger partial charge in [-0.15, -0.1) is 0 Å². The topological polar surface area (TPSA) is 38.5 Å². The molecule has 1 heterocycles. The highest BCUT2D eigenvalue weighted by molar-refractivity contribution is 5.36. The van der Waals surface area contributed by atoms with Crippen molar-refractivity contribution in [3.63, 3.8) is 0 Å². The Hall–Kier alpha value is -0.900. The van der Waals surface area contributed by atoms with Crippen molar-refractivity contribution in [2.24, 2.45) is 5.73 Å². The Bertz CT molecular complexity index is 500. The minimum atomic E-state index is 0.372.